The van der Waals surface area contributed by atoms with E-state index >= 15 is 0 Å². The molecule has 0 radical (unpaired) electrons. The van der Waals surface area contributed by atoms with Gasteiger partial charge in [0.15, 0.2) is 0 Å². The van der Waals surface area contributed by atoms with Crippen molar-refractivity contribution in [1.29, 1.82) is 0 Å². The molecule has 1 aliphatic carbocycles. The van der Waals surface area contributed by atoms with Crippen molar-refractivity contribution in [3.8, 4) is 0 Å². The Bertz CT molecular complexity index is 427. The molecule has 1 aromatic rings. The van der Waals surface area contributed by atoms with Crippen LogP contribution in [0.4, 0.5) is 5.95 Å². The number of thiocarbonyl (C=S) groups is 1. The molecule has 3 N–H and O–H groups in total. The molecule has 1 heterocycles. The van der Waals surface area contributed by atoms with Crippen molar-refractivity contribution in [3.05, 3.63) is 18.0 Å². The van der Waals surface area contributed by atoms with Gasteiger partial charge in [0.1, 0.15) is 10.7 Å². The minimum Gasteiger partial charge on any atom is -0.388 e. The van der Waals surface area contributed by atoms with Crippen LogP contribution in [0, 0.1) is 11.8 Å². The number of rotatable bonds is 5. The molecule has 1 fully saturated rings. The van der Waals surface area contributed by atoms with Crippen LogP contribution < -0.4 is 11.1 Å². The second-order valence-electron chi connectivity index (χ2n) is 5.31. The first-order valence-corrected chi connectivity index (χ1v) is 7.46. The number of aromatic nitrogens is 2. The molecule has 0 amide bonds. The van der Waals surface area contributed by atoms with Crippen LogP contribution in [0.1, 0.15) is 44.7 Å². The van der Waals surface area contributed by atoms with Crippen LogP contribution in [0.25, 0.3) is 0 Å². The largest absolute Gasteiger partial charge is 0.388 e. The van der Waals surface area contributed by atoms with E-state index in [0.717, 1.165) is 18.4 Å². The molecule has 0 spiro atoms. The summed E-state index contributed by atoms with van der Waals surface area (Å²) in [6, 6.07) is 1.74. The highest BCUT2D eigenvalue weighted by Gasteiger charge is 2.19. The number of nitrogens with one attached hydrogen (secondary N) is 1. The lowest BCUT2D eigenvalue weighted by atomic mass is 9.81. The summed E-state index contributed by atoms with van der Waals surface area (Å²) in [4.78, 5) is 8.81. The average molecular weight is 278 g/mol. The Hall–Kier alpha value is -1.23. The van der Waals surface area contributed by atoms with Crippen LogP contribution in [-0.2, 0) is 0 Å². The van der Waals surface area contributed by atoms with Gasteiger partial charge < -0.3 is 11.1 Å². The third kappa shape index (κ3) is 4.13. The average Bonchev–Trinajstić information content (AvgIpc) is 2.46. The summed E-state index contributed by atoms with van der Waals surface area (Å²) in [6.45, 7) is 3.23. The smallest absolute Gasteiger partial charge is 0.223 e. The summed E-state index contributed by atoms with van der Waals surface area (Å²) >= 11 is 4.92. The fraction of sp³-hybridized carbons (Fsp3) is 0.643. The summed E-state index contributed by atoms with van der Waals surface area (Å²) in [5.74, 6) is 2.30. The fourth-order valence-electron chi connectivity index (χ4n) is 2.66. The van der Waals surface area contributed by atoms with Crippen molar-refractivity contribution in [2.75, 3.05) is 11.9 Å². The Morgan fingerprint density at radius 1 is 1.37 bits per heavy atom. The predicted molar refractivity (Wildman–Crippen MR) is 82.1 cm³/mol. The van der Waals surface area contributed by atoms with Crippen molar-refractivity contribution < 1.29 is 0 Å². The van der Waals surface area contributed by atoms with Crippen molar-refractivity contribution >= 4 is 23.2 Å². The molecule has 0 aliphatic heterocycles. The van der Waals surface area contributed by atoms with Crippen LogP contribution in [0.2, 0.25) is 0 Å². The lowest BCUT2D eigenvalue weighted by molar-refractivity contribution is 0.278. The predicted octanol–water partition coefficient (Wildman–Crippen LogP) is 2.74. The summed E-state index contributed by atoms with van der Waals surface area (Å²) in [7, 11) is 0. The molecule has 1 aliphatic rings. The van der Waals surface area contributed by atoms with E-state index in [1.54, 1.807) is 12.3 Å². The number of nitrogens with zero attached hydrogens (tertiary/aromatic N) is 2. The van der Waals surface area contributed by atoms with E-state index in [1.807, 2.05) is 0 Å². The summed E-state index contributed by atoms with van der Waals surface area (Å²) in [5.41, 5.74) is 6.19. The van der Waals surface area contributed by atoms with Crippen LogP contribution >= 0.6 is 12.2 Å². The minimum absolute atomic E-state index is 0.314. The van der Waals surface area contributed by atoms with Gasteiger partial charge in [0.05, 0.1) is 0 Å². The topological polar surface area (TPSA) is 63.8 Å². The van der Waals surface area contributed by atoms with E-state index in [2.05, 4.69) is 22.2 Å². The number of nitrogens with two attached hydrogens (primary N) is 1. The lowest BCUT2D eigenvalue weighted by Gasteiger charge is -2.27. The highest BCUT2D eigenvalue weighted by molar-refractivity contribution is 7.80. The third-order valence-corrected chi connectivity index (χ3v) is 4.21. The second-order valence-corrected chi connectivity index (χ2v) is 5.75. The van der Waals surface area contributed by atoms with Crippen molar-refractivity contribution in [2.45, 2.75) is 39.0 Å². The van der Waals surface area contributed by atoms with E-state index in [9.17, 15) is 0 Å². The maximum absolute atomic E-state index is 5.57. The molecule has 19 heavy (non-hydrogen) atoms. The van der Waals surface area contributed by atoms with E-state index in [1.165, 1.54) is 32.1 Å². The molecular formula is C14H22N4S. The zero-order valence-electron chi connectivity index (χ0n) is 11.4. The molecule has 1 saturated carbocycles. The molecule has 2 rings (SSSR count). The number of hydrogen-bond acceptors (Lipinski definition) is 4. The Morgan fingerprint density at radius 3 is 2.68 bits per heavy atom. The van der Waals surface area contributed by atoms with Gasteiger partial charge in [-0.3, -0.25) is 0 Å². The Labute approximate surface area is 120 Å². The van der Waals surface area contributed by atoms with E-state index in [-0.39, 0.29) is 0 Å². The molecule has 0 bridgehead atoms. The van der Waals surface area contributed by atoms with E-state index in [4.69, 9.17) is 18.0 Å². The van der Waals surface area contributed by atoms with Gasteiger partial charge in [-0.2, -0.15) is 0 Å². The SMILES string of the molecule is CCC1CCC(CNc2nccc(C(N)=S)n2)CC1. The minimum atomic E-state index is 0.314. The molecule has 0 aromatic carbocycles. The van der Waals surface area contributed by atoms with Crippen LogP contribution in [0.15, 0.2) is 12.3 Å². The molecule has 1 aromatic heterocycles. The first-order valence-electron chi connectivity index (χ1n) is 7.05. The maximum atomic E-state index is 5.57. The van der Waals surface area contributed by atoms with Gasteiger partial charge in [-0.15, -0.1) is 0 Å². The van der Waals surface area contributed by atoms with Crippen molar-refractivity contribution in [3.63, 3.8) is 0 Å². The normalized spacial score (nSPS) is 23.0. The van der Waals surface area contributed by atoms with Gasteiger partial charge in [0, 0.05) is 12.7 Å². The first-order chi connectivity index (χ1) is 9.19. The quantitative estimate of drug-likeness (QED) is 0.811. The lowest BCUT2D eigenvalue weighted by Crippen LogP contribution is -2.22. The molecule has 5 heteroatoms. The second kappa shape index (κ2) is 6.80. The van der Waals surface area contributed by atoms with Crippen molar-refractivity contribution in [2.24, 2.45) is 17.6 Å². The Balaban J connectivity index is 1.82. The maximum Gasteiger partial charge on any atom is 0.223 e. The zero-order chi connectivity index (χ0) is 13.7. The van der Waals surface area contributed by atoms with E-state index in [0.29, 0.717) is 16.6 Å². The molecule has 0 unspecified atom stereocenters. The first kappa shape index (κ1) is 14.2. The van der Waals surface area contributed by atoms with Gasteiger partial charge in [0.25, 0.3) is 0 Å². The monoisotopic (exact) mass is 278 g/mol. The van der Waals surface area contributed by atoms with Crippen LogP contribution in [0.5, 0.6) is 0 Å². The molecule has 0 atom stereocenters. The highest BCUT2D eigenvalue weighted by Crippen LogP contribution is 2.30. The van der Waals surface area contributed by atoms with Gasteiger partial charge in [-0.1, -0.05) is 38.4 Å². The van der Waals surface area contributed by atoms with E-state index < -0.39 is 0 Å². The fourth-order valence-corrected chi connectivity index (χ4v) is 2.77. The Kier molecular flexibility index (Phi) is 5.07. The standard InChI is InChI=1S/C14H22N4S/c1-2-10-3-5-11(6-4-10)9-17-14-16-8-7-12(18-14)13(15)19/h7-8,10-11H,2-6,9H2,1H3,(H2,15,19)(H,16,17,18). The van der Waals surface area contributed by atoms with Gasteiger partial charge >= 0.3 is 0 Å². The number of hydrogen-bond donors (Lipinski definition) is 2. The summed E-state index contributed by atoms with van der Waals surface area (Å²) in [5, 5.41) is 3.31. The van der Waals surface area contributed by atoms with Crippen molar-refractivity contribution in [1.82, 2.24) is 9.97 Å². The molecule has 0 saturated heterocycles. The van der Waals surface area contributed by atoms with Gasteiger partial charge in [0.2, 0.25) is 5.95 Å². The summed E-state index contributed by atoms with van der Waals surface area (Å²) < 4.78 is 0. The van der Waals surface area contributed by atoms with Crippen LogP contribution in [0.3, 0.4) is 0 Å². The highest BCUT2D eigenvalue weighted by atomic mass is 32.1. The third-order valence-electron chi connectivity index (χ3n) is 4.00. The van der Waals surface area contributed by atoms with Crippen LogP contribution in [-0.4, -0.2) is 21.5 Å². The summed E-state index contributed by atoms with van der Waals surface area (Å²) in [6.07, 6.45) is 8.34. The van der Waals surface area contributed by atoms with Gasteiger partial charge in [-0.25, -0.2) is 9.97 Å². The molecule has 4 nitrogen and oxygen atoms in total. The molecular weight excluding hydrogens is 256 g/mol. The zero-order valence-corrected chi connectivity index (χ0v) is 12.2. The Morgan fingerprint density at radius 2 is 2.05 bits per heavy atom. The van der Waals surface area contributed by atoms with Gasteiger partial charge in [-0.05, 0) is 30.7 Å². The number of anilines is 1. The molecule has 104 valence electrons.